The Morgan fingerprint density at radius 3 is 1.93 bits per heavy atom. The number of thiocyanates is 1. The van der Waals surface area contributed by atoms with E-state index in [1.54, 1.807) is 10.8 Å². The maximum Gasteiger partial charge on any atom is 0.144 e. The number of hydrogen-bond donors (Lipinski definition) is 0. The lowest BCUT2D eigenvalue weighted by molar-refractivity contribution is 0.573. The summed E-state index contributed by atoms with van der Waals surface area (Å²) < 4.78 is 0. The molecule has 0 N–H and O–H groups in total. The fourth-order valence-electron chi connectivity index (χ4n) is 1.54. The largest absolute Gasteiger partial charge is 0.184 e. The molecule has 0 aromatic rings. The summed E-state index contributed by atoms with van der Waals surface area (Å²) in [5.41, 5.74) is 0. The van der Waals surface area contributed by atoms with Gasteiger partial charge in [-0.05, 0) is 6.42 Å². The van der Waals surface area contributed by atoms with Gasteiger partial charge in [-0.25, -0.2) is 0 Å². The first-order valence-corrected chi connectivity index (χ1v) is 8.41. The Labute approximate surface area is 103 Å². The van der Waals surface area contributed by atoms with Crippen molar-refractivity contribution >= 4 is 21.6 Å². The summed E-state index contributed by atoms with van der Waals surface area (Å²) in [6, 6.07) is 0. The van der Waals surface area contributed by atoms with E-state index < -0.39 is 0 Å². The Balaban J connectivity index is 2.84. The quantitative estimate of drug-likeness (QED) is 0.277. The van der Waals surface area contributed by atoms with E-state index in [2.05, 4.69) is 12.3 Å². The van der Waals surface area contributed by atoms with Gasteiger partial charge in [0.25, 0.3) is 0 Å². The van der Waals surface area contributed by atoms with Gasteiger partial charge in [0.1, 0.15) is 5.40 Å². The monoisotopic (exact) mass is 245 g/mol. The molecule has 0 spiro atoms. The molecule has 0 aliphatic heterocycles. The van der Waals surface area contributed by atoms with Crippen molar-refractivity contribution in [1.82, 2.24) is 0 Å². The van der Waals surface area contributed by atoms with Crippen molar-refractivity contribution in [3.63, 3.8) is 0 Å². The molecule has 0 heterocycles. The molecule has 0 saturated heterocycles. The highest BCUT2D eigenvalue weighted by Gasteiger charge is 1.92. The Bertz CT molecular complexity index is 154. The lowest BCUT2D eigenvalue weighted by atomic mass is 10.1. The molecule has 0 rings (SSSR count). The average Bonchev–Trinajstić information content (AvgIpc) is 2.26. The minimum absolute atomic E-state index is 1.13. The molecule has 0 amide bonds. The van der Waals surface area contributed by atoms with E-state index in [1.807, 2.05) is 0 Å². The van der Waals surface area contributed by atoms with Crippen LogP contribution >= 0.6 is 21.6 Å². The van der Waals surface area contributed by atoms with Crippen molar-refractivity contribution in [2.24, 2.45) is 0 Å². The summed E-state index contributed by atoms with van der Waals surface area (Å²) in [5, 5.41) is 10.4. The van der Waals surface area contributed by atoms with E-state index in [-0.39, 0.29) is 0 Å². The first-order valence-electron chi connectivity index (χ1n) is 6.09. The molecule has 0 unspecified atom stereocenters. The standard InChI is InChI=1S/C12H23NS2/c1-2-3-4-5-6-7-8-9-10-11-14-15-12-13/h2-11H2,1H3. The number of unbranched alkanes of at least 4 members (excludes halogenated alkanes) is 8. The van der Waals surface area contributed by atoms with E-state index in [1.165, 1.54) is 68.6 Å². The second-order valence-electron chi connectivity index (χ2n) is 3.83. The van der Waals surface area contributed by atoms with Gasteiger partial charge in [-0.15, -0.1) is 0 Å². The van der Waals surface area contributed by atoms with Gasteiger partial charge < -0.3 is 0 Å². The van der Waals surface area contributed by atoms with Gasteiger partial charge in [0.05, 0.1) is 0 Å². The lowest BCUT2D eigenvalue weighted by Gasteiger charge is -2.00. The van der Waals surface area contributed by atoms with Crippen LogP contribution in [0.2, 0.25) is 0 Å². The predicted octanol–water partition coefficient (Wildman–Crippen LogP) is 5.38. The van der Waals surface area contributed by atoms with E-state index in [9.17, 15) is 0 Å². The van der Waals surface area contributed by atoms with Crippen LogP contribution in [0.15, 0.2) is 0 Å². The van der Waals surface area contributed by atoms with Gasteiger partial charge in [0.15, 0.2) is 0 Å². The van der Waals surface area contributed by atoms with E-state index in [0.29, 0.717) is 0 Å². The van der Waals surface area contributed by atoms with Gasteiger partial charge in [-0.1, -0.05) is 69.1 Å². The van der Waals surface area contributed by atoms with Crippen molar-refractivity contribution in [3.8, 4) is 5.40 Å². The molecule has 3 heteroatoms. The highest BCUT2D eigenvalue weighted by molar-refractivity contribution is 8.78. The summed E-state index contributed by atoms with van der Waals surface area (Å²) in [7, 11) is 2.99. The summed E-state index contributed by atoms with van der Waals surface area (Å²) in [5.74, 6) is 1.13. The molecule has 0 saturated carbocycles. The van der Waals surface area contributed by atoms with E-state index in [0.717, 1.165) is 5.75 Å². The zero-order valence-corrected chi connectivity index (χ0v) is 11.5. The Kier molecular flexibility index (Phi) is 14.4. The molecule has 0 atom stereocenters. The fraction of sp³-hybridized carbons (Fsp3) is 0.917. The van der Waals surface area contributed by atoms with Gasteiger partial charge in [0.2, 0.25) is 0 Å². The average molecular weight is 245 g/mol. The van der Waals surface area contributed by atoms with Crippen molar-refractivity contribution in [1.29, 1.82) is 5.26 Å². The van der Waals surface area contributed by atoms with Crippen molar-refractivity contribution in [2.75, 3.05) is 5.75 Å². The highest BCUT2D eigenvalue weighted by atomic mass is 33.1. The Hall–Kier alpha value is 0.190. The van der Waals surface area contributed by atoms with E-state index >= 15 is 0 Å². The predicted molar refractivity (Wildman–Crippen MR) is 72.9 cm³/mol. The molecule has 88 valence electrons. The molecule has 1 nitrogen and oxygen atoms in total. The molecule has 0 aromatic heterocycles. The van der Waals surface area contributed by atoms with Crippen LogP contribution in [0.25, 0.3) is 0 Å². The molecular formula is C12H23NS2. The zero-order chi connectivity index (χ0) is 11.2. The molecular weight excluding hydrogens is 222 g/mol. The third-order valence-electron chi connectivity index (χ3n) is 2.43. The maximum absolute atomic E-state index is 8.30. The third-order valence-corrected chi connectivity index (χ3v) is 4.15. The number of nitrogens with zero attached hydrogens (tertiary/aromatic N) is 1. The second-order valence-corrected chi connectivity index (χ2v) is 6.03. The number of rotatable bonds is 11. The van der Waals surface area contributed by atoms with Gasteiger partial charge in [0, 0.05) is 16.5 Å². The van der Waals surface area contributed by atoms with Gasteiger partial charge >= 0.3 is 0 Å². The first kappa shape index (κ1) is 15.2. The molecule has 0 bridgehead atoms. The third kappa shape index (κ3) is 14.2. The van der Waals surface area contributed by atoms with Crippen LogP contribution in [0, 0.1) is 10.7 Å². The smallest absolute Gasteiger partial charge is 0.144 e. The minimum Gasteiger partial charge on any atom is -0.184 e. The summed E-state index contributed by atoms with van der Waals surface area (Å²) in [6.45, 7) is 2.26. The van der Waals surface area contributed by atoms with Crippen LogP contribution < -0.4 is 0 Å². The lowest BCUT2D eigenvalue weighted by Crippen LogP contribution is -1.82. The van der Waals surface area contributed by atoms with Crippen LogP contribution in [0.5, 0.6) is 0 Å². The highest BCUT2D eigenvalue weighted by Crippen LogP contribution is 2.21. The molecule has 15 heavy (non-hydrogen) atoms. The zero-order valence-electron chi connectivity index (χ0n) is 9.83. The molecule has 0 aliphatic rings. The topological polar surface area (TPSA) is 23.8 Å². The van der Waals surface area contributed by atoms with Crippen molar-refractivity contribution < 1.29 is 0 Å². The van der Waals surface area contributed by atoms with Crippen LogP contribution in [0.1, 0.15) is 64.7 Å². The van der Waals surface area contributed by atoms with Gasteiger partial charge in [-0.2, -0.15) is 5.26 Å². The molecule has 0 aliphatic carbocycles. The first-order chi connectivity index (χ1) is 7.41. The Morgan fingerprint density at radius 1 is 0.867 bits per heavy atom. The fourth-order valence-corrected chi connectivity index (χ4v) is 2.76. The molecule has 0 fully saturated rings. The summed E-state index contributed by atoms with van der Waals surface area (Å²) in [6.07, 6.45) is 12.4. The van der Waals surface area contributed by atoms with Crippen LogP contribution in [0.3, 0.4) is 0 Å². The van der Waals surface area contributed by atoms with Gasteiger partial charge in [-0.3, -0.25) is 0 Å². The van der Waals surface area contributed by atoms with Crippen molar-refractivity contribution in [2.45, 2.75) is 64.7 Å². The molecule has 0 radical (unpaired) electrons. The second kappa shape index (κ2) is 14.2. The summed E-state index contributed by atoms with van der Waals surface area (Å²) >= 11 is 0. The number of nitriles is 1. The van der Waals surface area contributed by atoms with Crippen LogP contribution in [-0.2, 0) is 0 Å². The normalized spacial score (nSPS) is 10.1. The minimum atomic E-state index is 1.13. The van der Waals surface area contributed by atoms with Crippen LogP contribution in [0.4, 0.5) is 0 Å². The van der Waals surface area contributed by atoms with E-state index in [4.69, 9.17) is 5.26 Å². The SMILES string of the molecule is CCCCCCCCCCCSSC#N. The molecule has 0 aromatic carbocycles. The number of hydrogen-bond acceptors (Lipinski definition) is 3. The Morgan fingerprint density at radius 2 is 1.40 bits per heavy atom. The van der Waals surface area contributed by atoms with Crippen molar-refractivity contribution in [3.05, 3.63) is 0 Å². The van der Waals surface area contributed by atoms with Crippen LogP contribution in [-0.4, -0.2) is 5.75 Å². The summed E-state index contributed by atoms with van der Waals surface area (Å²) in [4.78, 5) is 0. The maximum atomic E-state index is 8.30.